The van der Waals surface area contributed by atoms with Gasteiger partial charge in [0, 0.05) is 36.2 Å². The first-order valence-electron chi connectivity index (χ1n) is 6.26. The second kappa shape index (κ2) is 6.18. The number of rotatable bonds is 4. The number of nitro benzene ring substituents is 1. The number of nitro groups is 1. The summed E-state index contributed by atoms with van der Waals surface area (Å²) < 4.78 is 0. The molecule has 0 amide bonds. The number of benzene rings is 1. The van der Waals surface area contributed by atoms with E-state index < -0.39 is 0 Å². The summed E-state index contributed by atoms with van der Waals surface area (Å²) in [6, 6.07) is 6.87. The molecule has 98 valence electrons. The lowest BCUT2D eigenvalue weighted by molar-refractivity contribution is -0.384. The van der Waals surface area contributed by atoms with Crippen molar-refractivity contribution in [1.29, 1.82) is 0 Å². The summed E-state index contributed by atoms with van der Waals surface area (Å²) in [7, 11) is 0. The molecule has 0 bridgehead atoms. The van der Waals surface area contributed by atoms with Crippen molar-refractivity contribution >= 4 is 27.3 Å². The van der Waals surface area contributed by atoms with Gasteiger partial charge in [-0.25, -0.2) is 0 Å². The molecule has 1 aliphatic heterocycles. The third-order valence-electron chi connectivity index (χ3n) is 3.56. The molecule has 2 rings (SSSR count). The predicted octanol–water partition coefficient (Wildman–Crippen LogP) is 3.60. The van der Waals surface area contributed by atoms with Gasteiger partial charge in [-0.1, -0.05) is 15.9 Å². The molecule has 0 saturated carbocycles. The molecule has 0 aromatic heterocycles. The van der Waals surface area contributed by atoms with Gasteiger partial charge < -0.3 is 4.90 Å². The van der Waals surface area contributed by atoms with Crippen LogP contribution in [0.4, 0.5) is 11.4 Å². The van der Waals surface area contributed by atoms with Crippen molar-refractivity contribution in [3.8, 4) is 0 Å². The van der Waals surface area contributed by atoms with E-state index in [1.807, 2.05) is 12.1 Å². The zero-order chi connectivity index (χ0) is 13.0. The summed E-state index contributed by atoms with van der Waals surface area (Å²) in [5.74, 6) is 0.818. The monoisotopic (exact) mass is 312 g/mol. The Morgan fingerprint density at radius 3 is 2.39 bits per heavy atom. The zero-order valence-electron chi connectivity index (χ0n) is 10.2. The van der Waals surface area contributed by atoms with E-state index in [0.29, 0.717) is 0 Å². The van der Waals surface area contributed by atoms with Crippen LogP contribution in [0.1, 0.15) is 19.3 Å². The van der Waals surface area contributed by atoms with E-state index in [4.69, 9.17) is 0 Å². The number of alkyl halides is 1. The minimum absolute atomic E-state index is 0.160. The van der Waals surface area contributed by atoms with Crippen molar-refractivity contribution in [3.05, 3.63) is 34.4 Å². The molecule has 0 unspecified atom stereocenters. The molecular formula is C13H17BrN2O2. The minimum Gasteiger partial charge on any atom is -0.372 e. The van der Waals surface area contributed by atoms with E-state index in [0.717, 1.165) is 30.0 Å². The lowest BCUT2D eigenvalue weighted by Crippen LogP contribution is -2.33. The Balaban J connectivity index is 1.95. The maximum atomic E-state index is 10.6. The maximum absolute atomic E-state index is 10.6. The summed E-state index contributed by atoms with van der Waals surface area (Å²) in [5.41, 5.74) is 1.26. The van der Waals surface area contributed by atoms with E-state index in [-0.39, 0.29) is 10.6 Å². The van der Waals surface area contributed by atoms with Crippen LogP contribution in [0.2, 0.25) is 0 Å². The average Bonchev–Trinajstić information content (AvgIpc) is 2.40. The molecule has 1 aromatic rings. The predicted molar refractivity (Wildman–Crippen MR) is 76.4 cm³/mol. The van der Waals surface area contributed by atoms with Crippen LogP contribution in [-0.2, 0) is 0 Å². The fourth-order valence-electron chi connectivity index (χ4n) is 2.42. The van der Waals surface area contributed by atoms with Crippen LogP contribution in [0, 0.1) is 16.0 Å². The van der Waals surface area contributed by atoms with Gasteiger partial charge in [-0.05, 0) is 37.3 Å². The van der Waals surface area contributed by atoms with E-state index in [2.05, 4.69) is 20.8 Å². The fraction of sp³-hybridized carbons (Fsp3) is 0.538. The summed E-state index contributed by atoms with van der Waals surface area (Å²) in [4.78, 5) is 12.5. The highest BCUT2D eigenvalue weighted by Crippen LogP contribution is 2.26. The number of hydrogen-bond donors (Lipinski definition) is 0. The Hall–Kier alpha value is -1.10. The second-order valence-electron chi connectivity index (χ2n) is 4.68. The zero-order valence-corrected chi connectivity index (χ0v) is 11.8. The van der Waals surface area contributed by atoms with Gasteiger partial charge in [0.25, 0.3) is 5.69 Å². The minimum atomic E-state index is -0.355. The van der Waals surface area contributed by atoms with Gasteiger partial charge in [0.05, 0.1) is 4.92 Å². The molecule has 1 fully saturated rings. The van der Waals surface area contributed by atoms with E-state index in [1.54, 1.807) is 12.1 Å². The van der Waals surface area contributed by atoms with Gasteiger partial charge in [-0.3, -0.25) is 10.1 Å². The molecule has 18 heavy (non-hydrogen) atoms. The van der Waals surface area contributed by atoms with E-state index in [1.165, 1.54) is 19.3 Å². The quantitative estimate of drug-likeness (QED) is 0.485. The SMILES string of the molecule is O=[N+]([O-])c1ccc(N2CCC(CCBr)CC2)cc1. The highest BCUT2D eigenvalue weighted by molar-refractivity contribution is 9.09. The van der Waals surface area contributed by atoms with Gasteiger partial charge in [0.15, 0.2) is 0 Å². The molecule has 1 heterocycles. The number of non-ortho nitro benzene ring substituents is 1. The van der Waals surface area contributed by atoms with E-state index >= 15 is 0 Å². The van der Waals surface area contributed by atoms with Gasteiger partial charge in [0.1, 0.15) is 0 Å². The van der Waals surface area contributed by atoms with Crippen LogP contribution in [-0.4, -0.2) is 23.3 Å². The Labute approximate surface area is 115 Å². The number of anilines is 1. The van der Waals surface area contributed by atoms with Crippen molar-refractivity contribution in [2.24, 2.45) is 5.92 Å². The lowest BCUT2D eigenvalue weighted by Gasteiger charge is -2.33. The highest BCUT2D eigenvalue weighted by atomic mass is 79.9. The van der Waals surface area contributed by atoms with Crippen LogP contribution in [0.5, 0.6) is 0 Å². The van der Waals surface area contributed by atoms with Crippen LogP contribution in [0.25, 0.3) is 0 Å². The molecule has 0 N–H and O–H groups in total. The normalized spacial score (nSPS) is 16.8. The molecule has 0 spiro atoms. The molecule has 0 aliphatic carbocycles. The van der Waals surface area contributed by atoms with Crippen molar-refractivity contribution in [2.45, 2.75) is 19.3 Å². The third-order valence-corrected chi connectivity index (χ3v) is 4.02. The lowest BCUT2D eigenvalue weighted by atomic mass is 9.94. The fourth-order valence-corrected chi connectivity index (χ4v) is 3.07. The smallest absolute Gasteiger partial charge is 0.269 e. The topological polar surface area (TPSA) is 46.4 Å². The van der Waals surface area contributed by atoms with Gasteiger partial charge in [-0.2, -0.15) is 0 Å². The molecule has 1 aliphatic rings. The standard InChI is InChI=1S/C13H17BrN2O2/c14-8-5-11-6-9-15(10-7-11)12-1-3-13(4-2-12)16(17)18/h1-4,11H,5-10H2. The number of halogens is 1. The molecule has 1 saturated heterocycles. The average molecular weight is 313 g/mol. The van der Waals surface area contributed by atoms with E-state index in [9.17, 15) is 10.1 Å². The van der Waals surface area contributed by atoms with Crippen LogP contribution in [0.15, 0.2) is 24.3 Å². The Morgan fingerprint density at radius 1 is 1.28 bits per heavy atom. The summed E-state index contributed by atoms with van der Waals surface area (Å²) in [6.45, 7) is 2.10. The number of piperidine rings is 1. The highest BCUT2D eigenvalue weighted by Gasteiger charge is 2.19. The van der Waals surface area contributed by atoms with Crippen molar-refractivity contribution < 1.29 is 4.92 Å². The molecular weight excluding hydrogens is 296 g/mol. The summed E-state index contributed by atoms with van der Waals surface area (Å²) in [5, 5.41) is 11.7. The van der Waals surface area contributed by atoms with Crippen LogP contribution in [0.3, 0.4) is 0 Å². The Morgan fingerprint density at radius 2 is 1.89 bits per heavy atom. The van der Waals surface area contributed by atoms with Gasteiger partial charge >= 0.3 is 0 Å². The summed E-state index contributed by atoms with van der Waals surface area (Å²) >= 11 is 3.49. The summed E-state index contributed by atoms with van der Waals surface area (Å²) in [6.07, 6.45) is 3.67. The molecule has 0 atom stereocenters. The molecule has 0 radical (unpaired) electrons. The van der Waals surface area contributed by atoms with Crippen molar-refractivity contribution in [3.63, 3.8) is 0 Å². The Kier molecular flexibility index (Phi) is 4.58. The third kappa shape index (κ3) is 3.22. The number of hydrogen-bond acceptors (Lipinski definition) is 3. The Bertz CT molecular complexity index is 400. The van der Waals surface area contributed by atoms with Gasteiger partial charge in [0.2, 0.25) is 0 Å². The molecule has 1 aromatic carbocycles. The van der Waals surface area contributed by atoms with Crippen LogP contribution < -0.4 is 4.90 Å². The first-order chi connectivity index (χ1) is 8.70. The molecule has 5 heteroatoms. The van der Waals surface area contributed by atoms with Crippen molar-refractivity contribution in [2.75, 3.05) is 23.3 Å². The van der Waals surface area contributed by atoms with Crippen LogP contribution >= 0.6 is 15.9 Å². The number of nitrogens with zero attached hydrogens (tertiary/aromatic N) is 2. The molecule has 4 nitrogen and oxygen atoms in total. The maximum Gasteiger partial charge on any atom is 0.269 e. The first kappa shape index (κ1) is 13.3. The second-order valence-corrected chi connectivity index (χ2v) is 5.47. The first-order valence-corrected chi connectivity index (χ1v) is 7.38. The van der Waals surface area contributed by atoms with Gasteiger partial charge in [-0.15, -0.1) is 0 Å². The largest absolute Gasteiger partial charge is 0.372 e. The van der Waals surface area contributed by atoms with Crippen molar-refractivity contribution in [1.82, 2.24) is 0 Å².